The molecule has 1 atom stereocenters. The number of rotatable bonds is 6. The molecule has 0 aliphatic heterocycles. The molecule has 1 rings (SSSR count). The van der Waals surface area contributed by atoms with Crippen molar-refractivity contribution in [1.29, 1.82) is 0 Å². The van der Waals surface area contributed by atoms with E-state index in [1.54, 1.807) is 0 Å². The molecule has 1 aromatic carbocycles. The summed E-state index contributed by atoms with van der Waals surface area (Å²) in [7, 11) is 0. The third kappa shape index (κ3) is 4.49. The number of benzene rings is 1. The van der Waals surface area contributed by atoms with E-state index in [1.165, 1.54) is 0 Å². The summed E-state index contributed by atoms with van der Waals surface area (Å²) >= 11 is 3.41. The summed E-state index contributed by atoms with van der Waals surface area (Å²) in [6, 6.07) is 5.88. The zero-order chi connectivity index (χ0) is 12.0. The van der Waals surface area contributed by atoms with Crippen LogP contribution in [0.25, 0.3) is 0 Å². The highest BCUT2D eigenvalue weighted by atomic mass is 79.9. The molecular weight excluding hydrogens is 273 g/mol. The van der Waals surface area contributed by atoms with Crippen LogP contribution in [-0.4, -0.2) is 19.3 Å². The highest BCUT2D eigenvalue weighted by Crippen LogP contribution is 2.24. The van der Waals surface area contributed by atoms with Crippen LogP contribution in [0.5, 0.6) is 5.75 Å². The van der Waals surface area contributed by atoms with Gasteiger partial charge in [-0.05, 0) is 37.1 Å². The molecule has 0 bridgehead atoms. The Labute approximate surface area is 104 Å². The van der Waals surface area contributed by atoms with Gasteiger partial charge < -0.3 is 10.5 Å². The second-order valence-corrected chi connectivity index (χ2v) is 4.74. The minimum atomic E-state index is -0.348. The predicted octanol–water partition coefficient (Wildman–Crippen LogP) is 3.08. The lowest BCUT2D eigenvalue weighted by Gasteiger charge is -2.13. The maximum atomic E-state index is 12.0. The lowest BCUT2D eigenvalue weighted by atomic mass is 10.1. The van der Waals surface area contributed by atoms with Crippen LogP contribution in [-0.2, 0) is 6.42 Å². The topological polar surface area (TPSA) is 35.2 Å². The van der Waals surface area contributed by atoms with Gasteiger partial charge in [-0.3, -0.25) is 4.39 Å². The van der Waals surface area contributed by atoms with Gasteiger partial charge in [0.05, 0.1) is 13.3 Å². The van der Waals surface area contributed by atoms with Crippen molar-refractivity contribution >= 4 is 15.9 Å². The molecule has 0 amide bonds. The third-order valence-electron chi connectivity index (χ3n) is 2.10. The summed E-state index contributed by atoms with van der Waals surface area (Å²) in [5.41, 5.74) is 6.83. The largest absolute Gasteiger partial charge is 0.493 e. The fraction of sp³-hybridized carbons (Fsp3) is 0.500. The quantitative estimate of drug-likeness (QED) is 0.817. The standard InChI is InChI=1S/C12H17BrFNO/c1-9(15)7-10-8-11(13)3-4-12(10)16-6-2-5-14/h3-4,8-9H,2,5-7,15H2,1H3. The SMILES string of the molecule is CC(N)Cc1cc(Br)ccc1OCCCF. The molecule has 2 nitrogen and oxygen atoms in total. The number of nitrogens with two attached hydrogens (primary N) is 1. The van der Waals surface area contributed by atoms with Crippen LogP contribution < -0.4 is 10.5 Å². The smallest absolute Gasteiger partial charge is 0.122 e. The lowest BCUT2D eigenvalue weighted by Crippen LogP contribution is -2.18. The molecule has 0 fully saturated rings. The highest BCUT2D eigenvalue weighted by molar-refractivity contribution is 9.10. The van der Waals surface area contributed by atoms with Crippen LogP contribution >= 0.6 is 15.9 Å². The summed E-state index contributed by atoms with van der Waals surface area (Å²) in [6.07, 6.45) is 1.18. The Balaban J connectivity index is 2.72. The summed E-state index contributed by atoms with van der Waals surface area (Å²) < 4.78 is 18.5. The van der Waals surface area contributed by atoms with Crippen LogP contribution in [0.3, 0.4) is 0 Å². The van der Waals surface area contributed by atoms with Crippen LogP contribution in [0, 0.1) is 0 Å². The van der Waals surface area contributed by atoms with E-state index in [9.17, 15) is 4.39 Å². The fourth-order valence-electron chi connectivity index (χ4n) is 1.43. The number of hydrogen-bond donors (Lipinski definition) is 1. The average Bonchev–Trinajstić information content (AvgIpc) is 2.20. The van der Waals surface area contributed by atoms with Crippen LogP contribution in [0.2, 0.25) is 0 Å². The molecule has 0 radical (unpaired) electrons. The molecule has 1 unspecified atom stereocenters. The summed E-state index contributed by atoms with van der Waals surface area (Å²) in [5, 5.41) is 0. The van der Waals surface area contributed by atoms with Gasteiger partial charge in [0.1, 0.15) is 5.75 Å². The van der Waals surface area contributed by atoms with Crippen molar-refractivity contribution in [2.45, 2.75) is 25.8 Å². The second kappa shape index (κ2) is 6.86. The third-order valence-corrected chi connectivity index (χ3v) is 2.59. The maximum Gasteiger partial charge on any atom is 0.122 e. The average molecular weight is 290 g/mol. The molecule has 0 aliphatic carbocycles. The molecule has 0 saturated heterocycles. The van der Waals surface area contributed by atoms with Crippen molar-refractivity contribution in [1.82, 2.24) is 0 Å². The van der Waals surface area contributed by atoms with E-state index >= 15 is 0 Å². The first-order chi connectivity index (χ1) is 7.63. The molecule has 90 valence electrons. The first kappa shape index (κ1) is 13.5. The first-order valence-electron chi connectivity index (χ1n) is 5.36. The van der Waals surface area contributed by atoms with E-state index < -0.39 is 0 Å². The molecule has 4 heteroatoms. The van der Waals surface area contributed by atoms with E-state index in [-0.39, 0.29) is 12.7 Å². The summed E-state index contributed by atoms with van der Waals surface area (Å²) in [6.45, 7) is 2.01. The molecule has 0 heterocycles. The van der Waals surface area contributed by atoms with E-state index in [2.05, 4.69) is 15.9 Å². The molecule has 16 heavy (non-hydrogen) atoms. The van der Waals surface area contributed by atoms with Crippen LogP contribution in [0.1, 0.15) is 18.9 Å². The molecule has 2 N–H and O–H groups in total. The Bertz CT molecular complexity index is 331. The van der Waals surface area contributed by atoms with Crippen LogP contribution in [0.4, 0.5) is 4.39 Å². The zero-order valence-corrected chi connectivity index (χ0v) is 11.0. The van der Waals surface area contributed by atoms with Crippen molar-refractivity contribution in [2.75, 3.05) is 13.3 Å². The first-order valence-corrected chi connectivity index (χ1v) is 6.15. The van der Waals surface area contributed by atoms with E-state index in [1.807, 2.05) is 25.1 Å². The highest BCUT2D eigenvalue weighted by Gasteiger charge is 2.07. The van der Waals surface area contributed by atoms with Gasteiger partial charge in [0, 0.05) is 16.9 Å². The Kier molecular flexibility index (Phi) is 5.77. The number of hydrogen-bond acceptors (Lipinski definition) is 2. The predicted molar refractivity (Wildman–Crippen MR) is 67.6 cm³/mol. The molecule has 0 aromatic heterocycles. The number of alkyl halides is 1. The van der Waals surface area contributed by atoms with Gasteiger partial charge in [-0.1, -0.05) is 15.9 Å². The summed E-state index contributed by atoms with van der Waals surface area (Å²) in [5.74, 6) is 0.800. The van der Waals surface area contributed by atoms with E-state index in [4.69, 9.17) is 10.5 Å². The van der Waals surface area contributed by atoms with Crippen molar-refractivity contribution in [3.63, 3.8) is 0 Å². The Morgan fingerprint density at radius 3 is 2.88 bits per heavy atom. The van der Waals surface area contributed by atoms with Gasteiger partial charge in [0.15, 0.2) is 0 Å². The van der Waals surface area contributed by atoms with E-state index in [0.717, 1.165) is 22.2 Å². The van der Waals surface area contributed by atoms with Gasteiger partial charge in [-0.15, -0.1) is 0 Å². The zero-order valence-electron chi connectivity index (χ0n) is 9.38. The fourth-order valence-corrected chi connectivity index (χ4v) is 1.84. The van der Waals surface area contributed by atoms with Crippen molar-refractivity contribution in [3.8, 4) is 5.75 Å². The molecule has 0 aliphatic rings. The van der Waals surface area contributed by atoms with Gasteiger partial charge in [0.2, 0.25) is 0 Å². The molecular formula is C12H17BrFNO. The molecule has 0 spiro atoms. The minimum Gasteiger partial charge on any atom is -0.493 e. The van der Waals surface area contributed by atoms with E-state index in [0.29, 0.717) is 13.0 Å². The maximum absolute atomic E-state index is 12.0. The Morgan fingerprint density at radius 1 is 1.50 bits per heavy atom. The number of halogens is 2. The second-order valence-electron chi connectivity index (χ2n) is 3.82. The van der Waals surface area contributed by atoms with Gasteiger partial charge in [0.25, 0.3) is 0 Å². The van der Waals surface area contributed by atoms with Crippen molar-refractivity contribution < 1.29 is 9.13 Å². The lowest BCUT2D eigenvalue weighted by molar-refractivity contribution is 0.287. The van der Waals surface area contributed by atoms with Gasteiger partial charge >= 0.3 is 0 Å². The van der Waals surface area contributed by atoms with Crippen molar-refractivity contribution in [2.24, 2.45) is 5.73 Å². The molecule has 0 saturated carbocycles. The number of ether oxygens (including phenoxy) is 1. The minimum absolute atomic E-state index is 0.0813. The monoisotopic (exact) mass is 289 g/mol. The van der Waals surface area contributed by atoms with Crippen LogP contribution in [0.15, 0.2) is 22.7 Å². The molecule has 1 aromatic rings. The summed E-state index contributed by atoms with van der Waals surface area (Å²) in [4.78, 5) is 0. The van der Waals surface area contributed by atoms with Crippen molar-refractivity contribution in [3.05, 3.63) is 28.2 Å². The Morgan fingerprint density at radius 2 is 2.25 bits per heavy atom. The van der Waals surface area contributed by atoms with Gasteiger partial charge in [-0.25, -0.2) is 0 Å². The van der Waals surface area contributed by atoms with Gasteiger partial charge in [-0.2, -0.15) is 0 Å². The Hall–Kier alpha value is -0.610. The normalized spacial score (nSPS) is 12.5.